The number of phenols is 1. The van der Waals surface area contributed by atoms with Crippen molar-refractivity contribution in [1.29, 1.82) is 0 Å². The third-order valence-electron chi connectivity index (χ3n) is 8.24. The Labute approximate surface area is 281 Å². The van der Waals surface area contributed by atoms with Crippen LogP contribution in [0.3, 0.4) is 0 Å². The average Bonchev–Trinajstić information content (AvgIpc) is 3.04. The van der Waals surface area contributed by atoms with Gasteiger partial charge in [0.25, 0.3) is 5.91 Å². The Hall–Kier alpha value is -4.71. The molecule has 0 fully saturated rings. The van der Waals surface area contributed by atoms with Gasteiger partial charge in [0.2, 0.25) is 17.7 Å². The highest BCUT2D eigenvalue weighted by molar-refractivity contribution is 6.00. The van der Waals surface area contributed by atoms with E-state index in [9.17, 15) is 34.2 Å². The number of nitrogens with zero attached hydrogens (tertiary/aromatic N) is 1. The summed E-state index contributed by atoms with van der Waals surface area (Å²) in [5.74, 6) is -3.41. The lowest BCUT2D eigenvalue weighted by molar-refractivity contribution is -0.140. The number of aromatic hydroxyl groups is 1. The zero-order chi connectivity index (χ0) is 35.5. The molecule has 0 unspecified atom stereocenters. The van der Waals surface area contributed by atoms with E-state index in [-0.39, 0.29) is 42.7 Å². The highest BCUT2D eigenvalue weighted by Crippen LogP contribution is 2.26. The standard InChI is InChI=1S/C36H48N4O8/c1-7-48-31(43)16-15-26-18-24-11-8-9-12-25(24)19-40(26)36(47)28(17-21(2)3)37-34(45)29(20-41)38-35(46)32(22(4)5)39-33(44)27-13-10-14-30(42)23(27)6/h8-16,21-22,26,28-29,32,41-42H,7,17-20H2,1-6H3,(H,37,45)(H,38,46)(H,39,44)/b16-15+/t26-,28-,29-,32-/m0/s1. The lowest BCUT2D eigenvalue weighted by Crippen LogP contribution is -2.59. The summed E-state index contributed by atoms with van der Waals surface area (Å²) in [6.07, 6.45) is 3.67. The third-order valence-corrected chi connectivity index (χ3v) is 8.24. The molecule has 12 nitrogen and oxygen atoms in total. The molecule has 1 heterocycles. The number of ether oxygens (including phenoxy) is 1. The molecule has 2 aromatic rings. The predicted molar refractivity (Wildman–Crippen MR) is 180 cm³/mol. The van der Waals surface area contributed by atoms with Crippen LogP contribution in [0.5, 0.6) is 5.75 Å². The molecule has 5 N–H and O–H groups in total. The summed E-state index contributed by atoms with van der Waals surface area (Å²) in [5.41, 5.74) is 2.53. The summed E-state index contributed by atoms with van der Waals surface area (Å²) in [6.45, 7) is 10.2. The van der Waals surface area contributed by atoms with Gasteiger partial charge in [0.15, 0.2) is 0 Å². The Bertz CT molecular complexity index is 1500. The van der Waals surface area contributed by atoms with Gasteiger partial charge in [0.05, 0.1) is 19.3 Å². The normalized spacial score (nSPS) is 16.2. The van der Waals surface area contributed by atoms with Crippen molar-refractivity contribution in [2.24, 2.45) is 11.8 Å². The molecule has 12 heteroatoms. The highest BCUT2D eigenvalue weighted by Gasteiger charge is 2.36. The number of benzene rings is 2. The fourth-order valence-corrected chi connectivity index (χ4v) is 5.58. The fourth-order valence-electron chi connectivity index (χ4n) is 5.58. The van der Waals surface area contributed by atoms with Crippen molar-refractivity contribution >= 4 is 29.6 Å². The van der Waals surface area contributed by atoms with Crippen molar-refractivity contribution in [3.8, 4) is 5.75 Å². The first kappa shape index (κ1) is 37.7. The van der Waals surface area contributed by atoms with Gasteiger partial charge in [0.1, 0.15) is 23.9 Å². The molecule has 0 saturated heterocycles. The Morgan fingerprint density at radius 3 is 2.23 bits per heavy atom. The number of aliphatic hydroxyl groups excluding tert-OH is 1. The average molecular weight is 665 g/mol. The summed E-state index contributed by atoms with van der Waals surface area (Å²) in [7, 11) is 0. The lowest BCUT2D eigenvalue weighted by atomic mass is 9.92. The maximum absolute atomic E-state index is 14.1. The Balaban J connectivity index is 1.80. The van der Waals surface area contributed by atoms with E-state index in [0.717, 1.165) is 11.1 Å². The summed E-state index contributed by atoms with van der Waals surface area (Å²) >= 11 is 0. The van der Waals surface area contributed by atoms with Gasteiger partial charge >= 0.3 is 5.97 Å². The van der Waals surface area contributed by atoms with E-state index in [1.165, 1.54) is 24.3 Å². The zero-order valence-electron chi connectivity index (χ0n) is 28.5. The zero-order valence-corrected chi connectivity index (χ0v) is 28.5. The molecular formula is C36H48N4O8. The number of aliphatic hydroxyl groups is 1. The minimum absolute atomic E-state index is 0.00608. The Morgan fingerprint density at radius 2 is 1.60 bits per heavy atom. The number of hydrogen-bond donors (Lipinski definition) is 5. The molecule has 48 heavy (non-hydrogen) atoms. The van der Waals surface area contributed by atoms with Crippen LogP contribution in [-0.2, 0) is 36.9 Å². The second-order valence-electron chi connectivity index (χ2n) is 12.7. The Kier molecular flexibility index (Phi) is 13.7. The minimum Gasteiger partial charge on any atom is -0.508 e. The second-order valence-corrected chi connectivity index (χ2v) is 12.7. The van der Waals surface area contributed by atoms with E-state index in [4.69, 9.17) is 4.74 Å². The van der Waals surface area contributed by atoms with E-state index < -0.39 is 60.4 Å². The first-order valence-electron chi connectivity index (χ1n) is 16.3. The van der Waals surface area contributed by atoms with Crippen LogP contribution in [0.4, 0.5) is 0 Å². The molecule has 0 radical (unpaired) electrons. The van der Waals surface area contributed by atoms with Crippen LogP contribution in [0.1, 0.15) is 68.1 Å². The van der Waals surface area contributed by atoms with Crippen LogP contribution in [0.2, 0.25) is 0 Å². The van der Waals surface area contributed by atoms with Gasteiger partial charge in [-0.2, -0.15) is 0 Å². The molecule has 0 aliphatic carbocycles. The number of esters is 1. The molecule has 260 valence electrons. The van der Waals surface area contributed by atoms with Gasteiger partial charge in [-0.3, -0.25) is 19.2 Å². The maximum atomic E-state index is 14.1. The molecule has 0 aromatic heterocycles. The molecular weight excluding hydrogens is 616 g/mol. The van der Waals surface area contributed by atoms with Crippen LogP contribution < -0.4 is 16.0 Å². The van der Waals surface area contributed by atoms with Gasteiger partial charge in [-0.15, -0.1) is 0 Å². The molecule has 0 spiro atoms. The quantitative estimate of drug-likeness (QED) is 0.151. The van der Waals surface area contributed by atoms with Gasteiger partial charge in [-0.1, -0.05) is 64.1 Å². The topological polar surface area (TPSA) is 174 Å². The number of phenolic OH excluding ortho intramolecular Hbond substituents is 1. The van der Waals surface area contributed by atoms with Crippen molar-refractivity contribution in [2.45, 2.75) is 85.1 Å². The van der Waals surface area contributed by atoms with Crippen LogP contribution in [0.25, 0.3) is 0 Å². The molecule has 0 bridgehead atoms. The van der Waals surface area contributed by atoms with E-state index >= 15 is 0 Å². The van der Waals surface area contributed by atoms with E-state index in [1.807, 2.05) is 38.1 Å². The first-order chi connectivity index (χ1) is 22.8. The number of carbonyl (C=O) groups excluding carboxylic acids is 5. The van der Waals surface area contributed by atoms with Crippen LogP contribution in [0, 0.1) is 18.8 Å². The monoisotopic (exact) mass is 664 g/mol. The van der Waals surface area contributed by atoms with Crippen molar-refractivity contribution in [3.05, 3.63) is 76.9 Å². The number of fused-ring (bicyclic) bond motifs is 1. The number of rotatable bonds is 14. The van der Waals surface area contributed by atoms with Gasteiger partial charge in [-0.05, 0) is 61.8 Å². The predicted octanol–water partition coefficient (Wildman–Crippen LogP) is 2.54. The SMILES string of the molecule is CCOC(=O)/C=C/[C@H]1Cc2ccccc2CN1C(=O)[C@H](CC(C)C)NC(=O)[C@H](CO)NC(=O)[C@@H](NC(=O)c1cccc(O)c1C)C(C)C. The number of amides is 4. The molecule has 1 aliphatic heterocycles. The summed E-state index contributed by atoms with van der Waals surface area (Å²) in [6, 6.07) is 8.22. The summed E-state index contributed by atoms with van der Waals surface area (Å²) in [5, 5.41) is 28.1. The van der Waals surface area contributed by atoms with E-state index in [1.54, 1.807) is 38.7 Å². The number of hydrogen-bond acceptors (Lipinski definition) is 8. The van der Waals surface area contributed by atoms with Crippen LogP contribution in [-0.4, -0.2) is 82.1 Å². The van der Waals surface area contributed by atoms with Crippen molar-refractivity contribution in [2.75, 3.05) is 13.2 Å². The largest absolute Gasteiger partial charge is 0.508 e. The highest BCUT2D eigenvalue weighted by atomic mass is 16.5. The van der Waals surface area contributed by atoms with Gasteiger partial charge in [-0.25, -0.2) is 4.79 Å². The Morgan fingerprint density at radius 1 is 0.938 bits per heavy atom. The first-order valence-corrected chi connectivity index (χ1v) is 16.3. The third kappa shape index (κ3) is 9.90. The number of nitrogens with one attached hydrogen (secondary N) is 3. The second kappa shape index (κ2) is 17.4. The van der Waals surface area contributed by atoms with Crippen molar-refractivity contribution in [1.82, 2.24) is 20.9 Å². The molecule has 1 aliphatic rings. The molecule has 2 aromatic carbocycles. The molecule has 0 saturated carbocycles. The van der Waals surface area contributed by atoms with Crippen LogP contribution >= 0.6 is 0 Å². The fraction of sp³-hybridized carbons (Fsp3) is 0.472. The molecule has 4 atom stereocenters. The van der Waals surface area contributed by atoms with Crippen LogP contribution in [0.15, 0.2) is 54.6 Å². The molecule has 3 rings (SSSR count). The smallest absolute Gasteiger partial charge is 0.330 e. The minimum atomic E-state index is -1.41. The molecule has 4 amide bonds. The summed E-state index contributed by atoms with van der Waals surface area (Å²) in [4.78, 5) is 67.8. The summed E-state index contributed by atoms with van der Waals surface area (Å²) < 4.78 is 5.03. The van der Waals surface area contributed by atoms with Crippen molar-refractivity contribution in [3.63, 3.8) is 0 Å². The van der Waals surface area contributed by atoms with E-state index in [0.29, 0.717) is 12.0 Å². The van der Waals surface area contributed by atoms with E-state index in [2.05, 4.69) is 16.0 Å². The number of carbonyl (C=O) groups is 5. The van der Waals surface area contributed by atoms with Gasteiger partial charge in [0, 0.05) is 23.7 Å². The van der Waals surface area contributed by atoms with Gasteiger partial charge < -0.3 is 35.8 Å². The maximum Gasteiger partial charge on any atom is 0.330 e. The van der Waals surface area contributed by atoms with Crippen molar-refractivity contribution < 1.29 is 38.9 Å². The lowest BCUT2D eigenvalue weighted by Gasteiger charge is -2.38.